The first-order valence-electron chi connectivity index (χ1n) is 5.11. The van der Waals surface area contributed by atoms with Gasteiger partial charge < -0.3 is 18.6 Å². The van der Waals surface area contributed by atoms with Gasteiger partial charge in [0.05, 0.1) is 6.61 Å². The average molecular weight is 248 g/mol. The van der Waals surface area contributed by atoms with Gasteiger partial charge in [0.1, 0.15) is 0 Å². The van der Waals surface area contributed by atoms with E-state index in [2.05, 4.69) is 6.58 Å². The second kappa shape index (κ2) is 9.53. The van der Waals surface area contributed by atoms with Crippen LogP contribution in [0.15, 0.2) is 12.2 Å². The minimum absolute atomic E-state index is 0.339. The zero-order valence-electron chi connectivity index (χ0n) is 10.2. The highest BCUT2D eigenvalue weighted by atomic mass is 28.2. The normalized spacial score (nSPS) is 11.2. The summed E-state index contributed by atoms with van der Waals surface area (Å²) in [6, 6.07) is 0.909. The highest BCUT2D eigenvalue weighted by molar-refractivity contribution is 6.27. The van der Waals surface area contributed by atoms with Gasteiger partial charge in [0.2, 0.25) is 0 Å². The molecule has 0 aliphatic rings. The summed E-state index contributed by atoms with van der Waals surface area (Å²) in [5.41, 5.74) is 0.423. The molecule has 94 valence electrons. The van der Waals surface area contributed by atoms with Crippen LogP contribution in [0.25, 0.3) is 0 Å². The van der Waals surface area contributed by atoms with E-state index in [1.807, 2.05) is 0 Å². The molecule has 0 atom stereocenters. The number of methoxy groups -OCH3 is 2. The summed E-state index contributed by atoms with van der Waals surface area (Å²) in [5.74, 6) is -0.339. The molecule has 6 heteroatoms. The van der Waals surface area contributed by atoms with Gasteiger partial charge in [0.15, 0.2) is 9.76 Å². The van der Waals surface area contributed by atoms with Crippen molar-refractivity contribution in [1.29, 1.82) is 0 Å². The van der Waals surface area contributed by atoms with Crippen LogP contribution < -0.4 is 0 Å². The molecule has 16 heavy (non-hydrogen) atoms. The maximum absolute atomic E-state index is 11.0. The third kappa shape index (κ3) is 7.58. The Bertz CT molecular complexity index is 215. The Morgan fingerprint density at radius 1 is 1.38 bits per heavy atom. The molecule has 0 aromatic heterocycles. The molecule has 0 bridgehead atoms. The topological polar surface area (TPSA) is 54.0 Å². The lowest BCUT2D eigenvalue weighted by Gasteiger charge is -2.13. The summed E-state index contributed by atoms with van der Waals surface area (Å²) in [5, 5.41) is 0. The summed E-state index contributed by atoms with van der Waals surface area (Å²) in [4.78, 5) is 11.0. The van der Waals surface area contributed by atoms with Crippen LogP contribution in [0.1, 0.15) is 13.3 Å². The third-order valence-electron chi connectivity index (χ3n) is 1.76. The first-order chi connectivity index (χ1) is 7.61. The molecule has 0 saturated carbocycles. The van der Waals surface area contributed by atoms with Gasteiger partial charge in [0.25, 0.3) is 6.48 Å². The van der Waals surface area contributed by atoms with Crippen molar-refractivity contribution in [3.8, 4) is 0 Å². The summed E-state index contributed by atoms with van der Waals surface area (Å²) in [7, 11) is 2.36. The summed E-state index contributed by atoms with van der Waals surface area (Å²) in [6.07, 6.45) is 0.797. The fraction of sp³-hybridized carbons (Fsp3) is 0.700. The van der Waals surface area contributed by atoms with Crippen LogP contribution in [0.3, 0.4) is 0 Å². The number of hydrogen-bond acceptors (Lipinski definition) is 5. The molecule has 5 nitrogen and oxygen atoms in total. The second-order valence-electron chi connectivity index (χ2n) is 3.25. The first kappa shape index (κ1) is 15.3. The highest BCUT2D eigenvalue weighted by Crippen LogP contribution is 1.98. The van der Waals surface area contributed by atoms with Crippen molar-refractivity contribution < 1.29 is 23.4 Å². The van der Waals surface area contributed by atoms with Crippen LogP contribution in [0.2, 0.25) is 6.04 Å². The quantitative estimate of drug-likeness (QED) is 0.196. The number of esters is 1. The lowest BCUT2D eigenvalue weighted by molar-refractivity contribution is -0.219. The fourth-order valence-electron chi connectivity index (χ4n) is 0.904. The van der Waals surface area contributed by atoms with Crippen LogP contribution in [0, 0.1) is 0 Å². The van der Waals surface area contributed by atoms with E-state index in [-0.39, 0.29) is 5.97 Å². The van der Waals surface area contributed by atoms with Crippen LogP contribution >= 0.6 is 0 Å². The highest BCUT2D eigenvalue weighted by Gasteiger charge is 2.05. The minimum Gasteiger partial charge on any atom is -0.462 e. The number of carbonyl (C=O) groups is 1. The Labute approximate surface area is 98.6 Å². The van der Waals surface area contributed by atoms with Crippen molar-refractivity contribution in [1.82, 2.24) is 0 Å². The molecule has 0 spiro atoms. The predicted octanol–water partition coefficient (Wildman–Crippen LogP) is 0.591. The van der Waals surface area contributed by atoms with Crippen LogP contribution in [0.4, 0.5) is 0 Å². The molecule has 0 aliphatic heterocycles. The molecular formula is C10H20O5Si. The van der Waals surface area contributed by atoms with E-state index in [1.54, 1.807) is 6.92 Å². The van der Waals surface area contributed by atoms with Crippen molar-refractivity contribution in [2.24, 2.45) is 0 Å². The fourth-order valence-corrected chi connectivity index (χ4v) is 1.94. The van der Waals surface area contributed by atoms with Crippen LogP contribution in [-0.2, 0) is 23.4 Å². The van der Waals surface area contributed by atoms with E-state index in [1.165, 1.54) is 14.2 Å². The van der Waals surface area contributed by atoms with Gasteiger partial charge in [0, 0.05) is 19.8 Å². The summed E-state index contributed by atoms with van der Waals surface area (Å²) < 4.78 is 20.0. The van der Waals surface area contributed by atoms with Crippen molar-refractivity contribution in [3.05, 3.63) is 12.2 Å². The molecule has 0 heterocycles. The number of ether oxygens (including phenoxy) is 3. The van der Waals surface area contributed by atoms with Gasteiger partial charge in [-0.3, -0.25) is 0 Å². The van der Waals surface area contributed by atoms with Crippen molar-refractivity contribution in [3.63, 3.8) is 0 Å². The summed E-state index contributed by atoms with van der Waals surface area (Å²) >= 11 is 0. The smallest absolute Gasteiger partial charge is 0.333 e. The number of hydrogen-bond donors (Lipinski definition) is 0. The molecule has 0 amide bonds. The maximum atomic E-state index is 11.0. The van der Waals surface area contributed by atoms with E-state index < -0.39 is 16.2 Å². The van der Waals surface area contributed by atoms with E-state index in [9.17, 15) is 4.79 Å². The minimum atomic E-state index is -0.686. The second-order valence-corrected chi connectivity index (χ2v) is 4.70. The average Bonchev–Trinajstić information content (AvgIpc) is 2.27. The van der Waals surface area contributed by atoms with Gasteiger partial charge in [-0.1, -0.05) is 6.58 Å². The largest absolute Gasteiger partial charge is 0.462 e. The van der Waals surface area contributed by atoms with Gasteiger partial charge in [-0.2, -0.15) is 0 Å². The maximum Gasteiger partial charge on any atom is 0.333 e. The molecule has 0 aliphatic carbocycles. The molecule has 0 fully saturated rings. The lowest BCUT2D eigenvalue weighted by Crippen LogP contribution is -2.19. The summed E-state index contributed by atoms with van der Waals surface area (Å²) in [6.45, 7) is 4.96. The third-order valence-corrected chi connectivity index (χ3v) is 3.06. The monoisotopic (exact) mass is 248 g/mol. The Morgan fingerprint density at radius 3 is 2.50 bits per heavy atom. The zero-order chi connectivity index (χ0) is 12.4. The van der Waals surface area contributed by atoms with Crippen LogP contribution in [-0.4, -0.2) is 43.0 Å². The SMILES string of the molecule is C=C(C)C(=O)OCCC[SiH2]OC(OC)OC. The molecule has 0 unspecified atom stereocenters. The Balaban J connectivity index is 3.34. The number of rotatable bonds is 9. The van der Waals surface area contributed by atoms with E-state index in [4.69, 9.17) is 18.6 Å². The van der Waals surface area contributed by atoms with E-state index in [0.29, 0.717) is 12.2 Å². The Morgan fingerprint density at radius 2 is 2.00 bits per heavy atom. The zero-order valence-corrected chi connectivity index (χ0v) is 11.6. The van der Waals surface area contributed by atoms with Crippen molar-refractivity contribution in [2.75, 3.05) is 20.8 Å². The lowest BCUT2D eigenvalue weighted by atomic mass is 10.4. The standard InChI is InChI=1S/C10H20O5Si/c1-8(2)9(11)14-6-5-7-16-15-10(12-3)13-4/h10H,1,5-7,16H2,2-4H3. The van der Waals surface area contributed by atoms with Gasteiger partial charge >= 0.3 is 5.97 Å². The molecule has 0 N–H and O–H groups in total. The number of carbonyl (C=O) groups excluding carboxylic acids is 1. The molecule has 0 rings (SSSR count). The van der Waals surface area contributed by atoms with Gasteiger partial charge in [-0.25, -0.2) is 4.79 Å². The van der Waals surface area contributed by atoms with Crippen molar-refractivity contribution >= 4 is 15.7 Å². The van der Waals surface area contributed by atoms with Gasteiger partial charge in [-0.05, 0) is 19.4 Å². The Kier molecular flexibility index (Phi) is 9.11. The molecule has 0 aromatic carbocycles. The molecule has 0 saturated heterocycles. The molecule has 0 aromatic rings. The first-order valence-corrected chi connectivity index (χ1v) is 6.69. The predicted molar refractivity (Wildman–Crippen MR) is 62.6 cm³/mol. The van der Waals surface area contributed by atoms with Crippen LogP contribution in [0.5, 0.6) is 0 Å². The Hall–Kier alpha value is -0.693. The van der Waals surface area contributed by atoms with E-state index >= 15 is 0 Å². The molecular weight excluding hydrogens is 228 g/mol. The van der Waals surface area contributed by atoms with Gasteiger partial charge in [-0.15, -0.1) is 0 Å². The molecule has 0 radical (unpaired) electrons. The van der Waals surface area contributed by atoms with E-state index in [0.717, 1.165) is 12.5 Å². The van der Waals surface area contributed by atoms with Crippen molar-refractivity contribution in [2.45, 2.75) is 25.9 Å².